The minimum Gasteiger partial charge on any atom is -0.370 e. The van der Waals surface area contributed by atoms with Crippen LogP contribution in [0.25, 0.3) is 0 Å². The Labute approximate surface area is 116 Å². The van der Waals surface area contributed by atoms with Crippen molar-refractivity contribution in [1.29, 1.82) is 0 Å². The van der Waals surface area contributed by atoms with Gasteiger partial charge in [0, 0.05) is 18.0 Å². The fourth-order valence-corrected chi connectivity index (χ4v) is 1.62. The van der Waals surface area contributed by atoms with E-state index in [0.717, 1.165) is 6.07 Å². The van der Waals surface area contributed by atoms with Gasteiger partial charge in [-0.15, -0.1) is 0 Å². The molecule has 106 valence electrons. The largest absolute Gasteiger partial charge is 0.370 e. The average Bonchev–Trinajstić information content (AvgIpc) is 2.35. The molecule has 5 N–H and O–H groups in total. The summed E-state index contributed by atoms with van der Waals surface area (Å²) in [6.07, 6.45) is 0.0246. The van der Waals surface area contributed by atoms with E-state index in [0.29, 0.717) is 0 Å². The molecule has 0 aliphatic heterocycles. The van der Waals surface area contributed by atoms with Crippen LogP contribution in [0, 0.1) is 17.7 Å². The predicted octanol–water partition coefficient (Wildman–Crippen LogP) is 0.130. The molecule has 1 rings (SSSR count). The van der Waals surface area contributed by atoms with Gasteiger partial charge in [-0.2, -0.15) is 0 Å². The van der Waals surface area contributed by atoms with E-state index in [2.05, 4.69) is 17.2 Å². The molecule has 6 heteroatoms. The Kier molecular flexibility index (Phi) is 5.69. The molecular formula is C14H16FN3O2. The number of primary amides is 1. The van der Waals surface area contributed by atoms with Gasteiger partial charge in [0.25, 0.3) is 5.91 Å². The van der Waals surface area contributed by atoms with Crippen LogP contribution in [0.15, 0.2) is 18.2 Å². The lowest BCUT2D eigenvalue weighted by Crippen LogP contribution is -2.36. The number of carbonyl (C=O) groups is 2. The zero-order valence-electron chi connectivity index (χ0n) is 11.1. The minimum absolute atomic E-state index is 0.0246. The summed E-state index contributed by atoms with van der Waals surface area (Å²) < 4.78 is 13.2. The van der Waals surface area contributed by atoms with Gasteiger partial charge in [0.05, 0.1) is 12.1 Å². The van der Waals surface area contributed by atoms with Gasteiger partial charge < -0.3 is 16.8 Å². The summed E-state index contributed by atoms with van der Waals surface area (Å²) in [7, 11) is 0. The number of nitrogens with one attached hydrogen (secondary N) is 1. The lowest BCUT2D eigenvalue weighted by atomic mass is 10.1. The van der Waals surface area contributed by atoms with Crippen molar-refractivity contribution in [3.8, 4) is 11.8 Å². The molecule has 0 aromatic heterocycles. The van der Waals surface area contributed by atoms with Crippen LogP contribution < -0.4 is 16.8 Å². The molecule has 2 amide bonds. The van der Waals surface area contributed by atoms with Crippen LogP contribution in [0.1, 0.15) is 29.3 Å². The Hall–Kier alpha value is -2.39. The molecule has 0 saturated heterocycles. The third-order valence-corrected chi connectivity index (χ3v) is 2.44. The van der Waals surface area contributed by atoms with Gasteiger partial charge in [-0.05, 0) is 25.1 Å². The summed E-state index contributed by atoms with van der Waals surface area (Å²) in [4.78, 5) is 22.8. The molecule has 0 aliphatic rings. The monoisotopic (exact) mass is 277 g/mol. The predicted molar refractivity (Wildman–Crippen MR) is 73.1 cm³/mol. The van der Waals surface area contributed by atoms with Gasteiger partial charge >= 0.3 is 0 Å². The van der Waals surface area contributed by atoms with E-state index in [9.17, 15) is 14.0 Å². The van der Waals surface area contributed by atoms with E-state index in [4.69, 9.17) is 11.5 Å². The molecule has 0 spiro atoms. The van der Waals surface area contributed by atoms with Crippen molar-refractivity contribution in [2.75, 3.05) is 6.54 Å². The van der Waals surface area contributed by atoms with Crippen molar-refractivity contribution in [2.45, 2.75) is 19.4 Å². The number of nitrogens with two attached hydrogens (primary N) is 2. The molecule has 0 aliphatic carbocycles. The van der Waals surface area contributed by atoms with E-state index in [-0.39, 0.29) is 24.1 Å². The van der Waals surface area contributed by atoms with Crippen LogP contribution in [0.5, 0.6) is 0 Å². The first-order chi connectivity index (χ1) is 9.43. The zero-order valence-corrected chi connectivity index (χ0v) is 11.1. The highest BCUT2D eigenvalue weighted by Gasteiger charge is 2.15. The standard InChI is InChI=1S/C14H16FN3O2/c1-9(7-13(17)19)18-14(20)12-5-4-11(15)8-10(12)3-2-6-16/h4-5,8-9H,6-7,16H2,1H3,(H2,17,19)(H,18,20). The molecule has 5 nitrogen and oxygen atoms in total. The Morgan fingerprint density at radius 3 is 2.75 bits per heavy atom. The molecule has 1 aromatic rings. The van der Waals surface area contributed by atoms with Crippen LogP contribution in [0.3, 0.4) is 0 Å². The fourth-order valence-electron chi connectivity index (χ4n) is 1.62. The first kappa shape index (κ1) is 15.7. The molecule has 1 aromatic carbocycles. The quantitative estimate of drug-likeness (QED) is 0.682. The summed E-state index contributed by atoms with van der Waals surface area (Å²) in [6.45, 7) is 1.76. The second-order valence-corrected chi connectivity index (χ2v) is 4.24. The van der Waals surface area contributed by atoms with Gasteiger partial charge in [0.15, 0.2) is 0 Å². The first-order valence-electron chi connectivity index (χ1n) is 6.01. The summed E-state index contributed by atoms with van der Waals surface area (Å²) >= 11 is 0. The van der Waals surface area contributed by atoms with Gasteiger partial charge in [-0.1, -0.05) is 11.8 Å². The first-order valence-corrected chi connectivity index (χ1v) is 6.01. The molecule has 0 saturated carbocycles. The van der Waals surface area contributed by atoms with Crippen molar-refractivity contribution >= 4 is 11.8 Å². The van der Waals surface area contributed by atoms with E-state index in [1.165, 1.54) is 12.1 Å². The van der Waals surface area contributed by atoms with Crippen molar-refractivity contribution in [3.05, 3.63) is 35.1 Å². The smallest absolute Gasteiger partial charge is 0.252 e. The van der Waals surface area contributed by atoms with Crippen LogP contribution in [-0.4, -0.2) is 24.4 Å². The number of rotatable bonds is 4. The van der Waals surface area contributed by atoms with Gasteiger partial charge in [0.2, 0.25) is 5.91 Å². The Balaban J connectivity index is 2.94. The number of halogens is 1. The van der Waals surface area contributed by atoms with E-state index < -0.39 is 23.7 Å². The van der Waals surface area contributed by atoms with Gasteiger partial charge in [-0.3, -0.25) is 9.59 Å². The van der Waals surface area contributed by atoms with Crippen LogP contribution in [0.2, 0.25) is 0 Å². The molecular weight excluding hydrogens is 261 g/mol. The maximum atomic E-state index is 13.2. The summed E-state index contributed by atoms with van der Waals surface area (Å²) in [5.74, 6) is 3.76. The Morgan fingerprint density at radius 1 is 1.45 bits per heavy atom. The molecule has 0 fully saturated rings. The van der Waals surface area contributed by atoms with Crippen molar-refractivity contribution < 1.29 is 14.0 Å². The van der Waals surface area contributed by atoms with Crippen molar-refractivity contribution in [1.82, 2.24) is 5.32 Å². The Morgan fingerprint density at radius 2 is 2.15 bits per heavy atom. The second-order valence-electron chi connectivity index (χ2n) is 4.24. The Bertz CT molecular complexity index is 576. The van der Waals surface area contributed by atoms with Crippen LogP contribution >= 0.6 is 0 Å². The number of amides is 2. The lowest BCUT2D eigenvalue weighted by molar-refractivity contribution is -0.118. The maximum absolute atomic E-state index is 13.2. The molecule has 1 unspecified atom stereocenters. The van der Waals surface area contributed by atoms with Crippen LogP contribution in [-0.2, 0) is 4.79 Å². The van der Waals surface area contributed by atoms with E-state index >= 15 is 0 Å². The SMILES string of the molecule is CC(CC(N)=O)NC(=O)c1ccc(F)cc1C#CCN. The number of carbonyl (C=O) groups excluding carboxylic acids is 2. The summed E-state index contributed by atoms with van der Waals surface area (Å²) in [6, 6.07) is 3.25. The highest BCUT2D eigenvalue weighted by atomic mass is 19.1. The summed E-state index contributed by atoms with van der Waals surface area (Å²) in [5, 5.41) is 2.60. The minimum atomic E-state index is -0.514. The average molecular weight is 277 g/mol. The van der Waals surface area contributed by atoms with Crippen molar-refractivity contribution in [2.24, 2.45) is 11.5 Å². The molecule has 1 atom stereocenters. The topological polar surface area (TPSA) is 98.2 Å². The molecule has 0 bridgehead atoms. The maximum Gasteiger partial charge on any atom is 0.252 e. The molecule has 0 heterocycles. The fraction of sp³-hybridized carbons (Fsp3) is 0.286. The van der Waals surface area contributed by atoms with Crippen LogP contribution in [0.4, 0.5) is 4.39 Å². The zero-order chi connectivity index (χ0) is 15.1. The number of benzene rings is 1. The van der Waals surface area contributed by atoms with Gasteiger partial charge in [0.1, 0.15) is 5.82 Å². The van der Waals surface area contributed by atoms with Gasteiger partial charge in [-0.25, -0.2) is 4.39 Å². The second kappa shape index (κ2) is 7.26. The molecule has 0 radical (unpaired) electrons. The number of hydrogen-bond donors (Lipinski definition) is 3. The summed E-state index contributed by atoms with van der Waals surface area (Å²) in [5.41, 5.74) is 10.8. The van der Waals surface area contributed by atoms with Crippen molar-refractivity contribution in [3.63, 3.8) is 0 Å². The lowest BCUT2D eigenvalue weighted by Gasteiger charge is -2.13. The van der Waals surface area contributed by atoms with E-state index in [1.807, 2.05) is 0 Å². The number of hydrogen-bond acceptors (Lipinski definition) is 3. The third kappa shape index (κ3) is 4.71. The highest BCUT2D eigenvalue weighted by molar-refractivity contribution is 5.97. The molecule has 20 heavy (non-hydrogen) atoms. The highest BCUT2D eigenvalue weighted by Crippen LogP contribution is 2.11. The normalized spacial score (nSPS) is 11.2. The third-order valence-electron chi connectivity index (χ3n) is 2.44. The van der Waals surface area contributed by atoms with E-state index in [1.54, 1.807) is 6.92 Å².